The van der Waals surface area contributed by atoms with E-state index in [9.17, 15) is 19.1 Å². The Kier molecular flexibility index (Phi) is 6.12. The van der Waals surface area contributed by atoms with Gasteiger partial charge in [0.1, 0.15) is 21.8 Å². The number of aromatic hydroxyl groups is 1. The normalized spacial score (nSPS) is 11.3. The molecule has 0 saturated heterocycles. The van der Waals surface area contributed by atoms with Gasteiger partial charge in [-0.25, -0.2) is 9.18 Å². The van der Waals surface area contributed by atoms with Crippen LogP contribution in [0.5, 0.6) is 11.5 Å². The van der Waals surface area contributed by atoms with E-state index in [0.717, 1.165) is 11.8 Å². The summed E-state index contributed by atoms with van der Waals surface area (Å²) in [5, 5.41) is 11.4. The average molecular weight is 554 g/mol. The van der Waals surface area contributed by atoms with E-state index in [1.165, 1.54) is 17.7 Å². The molecule has 0 bridgehead atoms. The highest BCUT2D eigenvalue weighted by Crippen LogP contribution is 2.39. The zero-order valence-electron chi connectivity index (χ0n) is 18.2. The number of hydrogen-bond donors (Lipinski definition) is 1. The van der Waals surface area contributed by atoms with Crippen LogP contribution in [0.1, 0.15) is 5.56 Å². The monoisotopic (exact) mass is 553 g/mol. The van der Waals surface area contributed by atoms with Gasteiger partial charge in [-0.1, -0.05) is 42.1 Å². The molecule has 2 heterocycles. The summed E-state index contributed by atoms with van der Waals surface area (Å²) in [6.07, 6.45) is 0. The molecule has 0 atom stereocenters. The van der Waals surface area contributed by atoms with Gasteiger partial charge in [0.25, 0.3) is 5.56 Å². The molecule has 0 radical (unpaired) electrons. The van der Waals surface area contributed by atoms with Gasteiger partial charge >= 0.3 is 5.63 Å². The molecule has 0 spiro atoms. The number of halogens is 2. The lowest BCUT2D eigenvalue weighted by molar-refractivity contribution is 0.415. The van der Waals surface area contributed by atoms with E-state index < -0.39 is 22.8 Å². The first kappa shape index (κ1) is 23.2. The van der Waals surface area contributed by atoms with Crippen molar-refractivity contribution in [2.75, 3.05) is 7.11 Å². The number of rotatable bonds is 5. The standard InChI is InChI=1S/C26H17BrFNO5S/c1-33-15-10-11-16-19(12-15)29(13-14-6-2-4-8-18(14)28)25(31)21-22(30)24(26(32)34-23(16)21)35-20-9-5-3-7-17(20)27/h2-12,30H,13H2,1H3. The fourth-order valence-electron chi connectivity index (χ4n) is 3.88. The van der Waals surface area contributed by atoms with Gasteiger partial charge in [0.05, 0.1) is 19.2 Å². The average Bonchev–Trinajstić information content (AvgIpc) is 2.85. The molecule has 35 heavy (non-hydrogen) atoms. The second-order valence-electron chi connectivity index (χ2n) is 7.67. The topological polar surface area (TPSA) is 81.7 Å². The minimum Gasteiger partial charge on any atom is -0.505 e. The van der Waals surface area contributed by atoms with Gasteiger partial charge < -0.3 is 18.8 Å². The molecule has 2 aromatic heterocycles. The summed E-state index contributed by atoms with van der Waals surface area (Å²) in [5.74, 6) is -0.488. The lowest BCUT2D eigenvalue weighted by Gasteiger charge is -2.15. The van der Waals surface area contributed by atoms with Crippen molar-refractivity contribution in [1.29, 1.82) is 0 Å². The van der Waals surface area contributed by atoms with Gasteiger partial charge in [0.15, 0.2) is 11.3 Å². The predicted octanol–water partition coefficient (Wildman–Crippen LogP) is 5.92. The zero-order chi connectivity index (χ0) is 24.7. The molecule has 1 N–H and O–H groups in total. The SMILES string of the molecule is COc1ccc2c3oc(=O)c(Sc4ccccc4Br)c(O)c3c(=O)n(Cc3ccccc3F)c2c1. The maximum atomic E-state index is 14.5. The van der Waals surface area contributed by atoms with Crippen molar-refractivity contribution >= 4 is 49.6 Å². The fourth-order valence-corrected chi connectivity index (χ4v) is 5.26. The number of benzene rings is 3. The van der Waals surface area contributed by atoms with Gasteiger partial charge in [0.2, 0.25) is 0 Å². The van der Waals surface area contributed by atoms with E-state index in [2.05, 4.69) is 15.9 Å². The fraction of sp³-hybridized carbons (Fsp3) is 0.0769. The molecule has 9 heteroatoms. The molecule has 0 aliphatic carbocycles. The van der Waals surface area contributed by atoms with E-state index in [-0.39, 0.29) is 28.0 Å². The smallest absolute Gasteiger partial charge is 0.354 e. The van der Waals surface area contributed by atoms with Crippen molar-refractivity contribution in [2.24, 2.45) is 0 Å². The first-order valence-electron chi connectivity index (χ1n) is 10.4. The van der Waals surface area contributed by atoms with Gasteiger partial charge in [0, 0.05) is 26.4 Å². The van der Waals surface area contributed by atoms with Crippen molar-refractivity contribution in [3.63, 3.8) is 0 Å². The quantitative estimate of drug-likeness (QED) is 0.272. The second-order valence-corrected chi connectivity index (χ2v) is 9.58. The third kappa shape index (κ3) is 4.11. The van der Waals surface area contributed by atoms with Gasteiger partial charge in [-0.15, -0.1) is 0 Å². The summed E-state index contributed by atoms with van der Waals surface area (Å²) >= 11 is 4.40. The number of nitrogens with zero attached hydrogens (tertiary/aromatic N) is 1. The molecular formula is C26H17BrFNO5S. The summed E-state index contributed by atoms with van der Waals surface area (Å²) in [5.41, 5.74) is -0.786. The number of aromatic nitrogens is 1. The first-order chi connectivity index (χ1) is 16.9. The molecule has 0 unspecified atom stereocenters. The molecule has 5 rings (SSSR count). The van der Waals surface area contributed by atoms with Crippen LogP contribution in [0.15, 0.2) is 95.0 Å². The molecule has 176 valence electrons. The molecule has 3 aromatic carbocycles. The van der Waals surface area contributed by atoms with Crippen LogP contribution in [-0.2, 0) is 6.54 Å². The second kappa shape index (κ2) is 9.24. The molecule has 0 amide bonds. The van der Waals surface area contributed by atoms with Crippen LogP contribution < -0.4 is 15.9 Å². The Labute approximate surface area is 210 Å². The highest BCUT2D eigenvalue weighted by Gasteiger charge is 2.23. The van der Waals surface area contributed by atoms with Crippen LogP contribution in [0.2, 0.25) is 0 Å². The largest absolute Gasteiger partial charge is 0.505 e. The van der Waals surface area contributed by atoms with Crippen LogP contribution in [0.3, 0.4) is 0 Å². The Hall–Kier alpha value is -3.56. The summed E-state index contributed by atoms with van der Waals surface area (Å²) in [6, 6.07) is 18.2. The van der Waals surface area contributed by atoms with Crippen LogP contribution in [0.25, 0.3) is 21.9 Å². The van der Waals surface area contributed by atoms with Gasteiger partial charge in [-0.05, 0) is 46.3 Å². The third-order valence-corrected chi connectivity index (χ3v) is 7.69. The van der Waals surface area contributed by atoms with E-state index >= 15 is 0 Å². The Bertz CT molecular complexity index is 1730. The van der Waals surface area contributed by atoms with Crippen LogP contribution in [0, 0.1) is 5.82 Å². The summed E-state index contributed by atoms with van der Waals surface area (Å²) in [4.78, 5) is 27.2. The Morgan fingerprint density at radius 3 is 2.57 bits per heavy atom. The lowest BCUT2D eigenvalue weighted by atomic mass is 10.1. The van der Waals surface area contributed by atoms with E-state index in [4.69, 9.17) is 9.15 Å². The van der Waals surface area contributed by atoms with E-state index in [1.807, 2.05) is 6.07 Å². The minimum atomic E-state index is -0.779. The van der Waals surface area contributed by atoms with Crippen LogP contribution in [-0.4, -0.2) is 16.8 Å². The summed E-state index contributed by atoms with van der Waals surface area (Å²) in [6.45, 7) is -0.101. The van der Waals surface area contributed by atoms with E-state index in [1.54, 1.807) is 54.6 Å². The van der Waals surface area contributed by atoms with Crippen molar-refractivity contribution in [1.82, 2.24) is 4.57 Å². The molecule has 0 aliphatic rings. The van der Waals surface area contributed by atoms with Crippen molar-refractivity contribution in [3.8, 4) is 11.5 Å². The predicted molar refractivity (Wildman–Crippen MR) is 136 cm³/mol. The number of hydrogen-bond acceptors (Lipinski definition) is 6. The lowest BCUT2D eigenvalue weighted by Crippen LogP contribution is -2.23. The number of pyridine rings is 1. The van der Waals surface area contributed by atoms with E-state index in [0.29, 0.717) is 26.0 Å². The Balaban J connectivity index is 1.83. The Morgan fingerprint density at radius 1 is 1.09 bits per heavy atom. The molecule has 0 fully saturated rings. The van der Waals surface area contributed by atoms with Gasteiger partial charge in [-0.3, -0.25) is 4.79 Å². The maximum absolute atomic E-state index is 14.5. The summed E-state index contributed by atoms with van der Waals surface area (Å²) in [7, 11) is 1.48. The van der Waals surface area contributed by atoms with Crippen LogP contribution in [0.4, 0.5) is 4.39 Å². The molecule has 6 nitrogen and oxygen atoms in total. The van der Waals surface area contributed by atoms with Gasteiger partial charge in [-0.2, -0.15) is 0 Å². The number of methoxy groups -OCH3 is 1. The highest BCUT2D eigenvalue weighted by molar-refractivity contribution is 9.10. The Morgan fingerprint density at radius 2 is 1.83 bits per heavy atom. The third-order valence-electron chi connectivity index (χ3n) is 5.59. The summed E-state index contributed by atoms with van der Waals surface area (Å²) < 4.78 is 27.4. The highest BCUT2D eigenvalue weighted by atomic mass is 79.9. The van der Waals surface area contributed by atoms with Crippen molar-refractivity contribution in [2.45, 2.75) is 16.3 Å². The number of ether oxygens (including phenoxy) is 1. The minimum absolute atomic E-state index is 0.0450. The number of fused-ring (bicyclic) bond motifs is 3. The molecule has 0 aliphatic heterocycles. The zero-order valence-corrected chi connectivity index (χ0v) is 20.7. The van der Waals surface area contributed by atoms with Crippen LogP contribution >= 0.6 is 27.7 Å². The molecule has 0 saturated carbocycles. The van der Waals surface area contributed by atoms with Crippen molar-refractivity contribution < 1.29 is 18.7 Å². The maximum Gasteiger partial charge on any atom is 0.354 e. The molecule has 5 aromatic rings. The molecular weight excluding hydrogens is 537 g/mol. The van der Waals surface area contributed by atoms with Crippen molar-refractivity contribution in [3.05, 3.63) is 103 Å². The first-order valence-corrected chi connectivity index (χ1v) is 12.1.